The number of allylic oxidation sites excluding steroid dienone is 1. The minimum Gasteiger partial charge on any atom is -0.353 e. The van der Waals surface area contributed by atoms with E-state index in [1.165, 1.54) is 35.3 Å². The van der Waals surface area contributed by atoms with Crippen LogP contribution in [0.25, 0.3) is 0 Å². The van der Waals surface area contributed by atoms with Crippen LogP contribution >= 0.6 is 0 Å². The van der Waals surface area contributed by atoms with Gasteiger partial charge in [-0.15, -0.1) is 0 Å². The molecule has 0 rings (SSSR count). The molecule has 0 radical (unpaired) electrons. The maximum absolute atomic E-state index is 12.5. The molecule has 10 nitrogen and oxygen atoms in total. The van der Waals surface area contributed by atoms with Gasteiger partial charge in [0, 0.05) is 65.1 Å². The fourth-order valence-electron chi connectivity index (χ4n) is 3.73. The molecule has 10 heteroatoms. The van der Waals surface area contributed by atoms with Crippen LogP contribution in [0.5, 0.6) is 0 Å². The zero-order valence-electron chi connectivity index (χ0n) is 23.6. The lowest BCUT2D eigenvalue weighted by Gasteiger charge is -2.27. The summed E-state index contributed by atoms with van der Waals surface area (Å²) in [6, 6.07) is 0. The first-order valence-corrected chi connectivity index (χ1v) is 13.4. The van der Waals surface area contributed by atoms with E-state index in [-0.39, 0.29) is 67.7 Å². The summed E-state index contributed by atoms with van der Waals surface area (Å²) >= 11 is 0. The van der Waals surface area contributed by atoms with Crippen molar-refractivity contribution in [3.05, 3.63) is 63.3 Å². The molecule has 0 heterocycles. The lowest BCUT2D eigenvalue weighted by molar-refractivity contribution is -0.130. The molecule has 220 valence electrons. The van der Waals surface area contributed by atoms with Crippen LogP contribution < -0.4 is 5.32 Å². The van der Waals surface area contributed by atoms with Crippen molar-refractivity contribution in [1.82, 2.24) is 20.0 Å². The molecular weight excluding hydrogens is 512 g/mol. The quantitative estimate of drug-likeness (QED) is 0.144. The van der Waals surface area contributed by atoms with Crippen LogP contribution in [0.2, 0.25) is 0 Å². The Hall–Kier alpha value is -4.08. The Bertz CT molecular complexity index is 942. The van der Waals surface area contributed by atoms with Crippen LogP contribution in [0.1, 0.15) is 44.9 Å². The highest BCUT2D eigenvalue weighted by Crippen LogP contribution is 2.06. The van der Waals surface area contributed by atoms with Crippen LogP contribution in [0, 0.1) is 0 Å². The predicted octanol–water partition coefficient (Wildman–Crippen LogP) is 2.39. The maximum atomic E-state index is 12.5. The zero-order valence-corrected chi connectivity index (χ0v) is 23.6. The first-order chi connectivity index (χ1) is 19.1. The molecule has 4 amide bonds. The van der Waals surface area contributed by atoms with Gasteiger partial charge >= 0.3 is 0 Å². The highest BCUT2D eigenvalue weighted by molar-refractivity contribution is 5.89. The third-order valence-corrected chi connectivity index (χ3v) is 6.06. The van der Waals surface area contributed by atoms with Crippen LogP contribution in [0.4, 0.5) is 0 Å². The topological polar surface area (TPSA) is 124 Å². The van der Waals surface area contributed by atoms with Crippen molar-refractivity contribution in [2.45, 2.75) is 44.9 Å². The summed E-state index contributed by atoms with van der Waals surface area (Å²) in [4.78, 5) is 76.6. The van der Waals surface area contributed by atoms with Crippen molar-refractivity contribution >= 4 is 35.2 Å². The van der Waals surface area contributed by atoms with Crippen LogP contribution in [-0.4, -0.2) is 95.7 Å². The van der Waals surface area contributed by atoms with Gasteiger partial charge in [-0.2, -0.15) is 0 Å². The van der Waals surface area contributed by atoms with Gasteiger partial charge in [-0.05, 0) is 56.1 Å². The Morgan fingerprint density at radius 2 is 1.00 bits per heavy atom. The van der Waals surface area contributed by atoms with Gasteiger partial charge in [-0.3, -0.25) is 28.8 Å². The normalized spacial score (nSPS) is 10.0. The third-order valence-electron chi connectivity index (χ3n) is 6.06. The highest BCUT2D eigenvalue weighted by Gasteiger charge is 2.17. The fraction of sp³-hybridized carbons (Fsp3) is 0.467. The van der Waals surface area contributed by atoms with E-state index in [1.54, 1.807) is 9.80 Å². The molecule has 0 saturated heterocycles. The van der Waals surface area contributed by atoms with Gasteiger partial charge in [0.25, 0.3) is 0 Å². The number of carbonyl (C=O) groups excluding carboxylic acids is 6. The molecule has 0 fully saturated rings. The van der Waals surface area contributed by atoms with E-state index in [0.29, 0.717) is 58.3 Å². The number of rotatable bonds is 24. The lowest BCUT2D eigenvalue weighted by atomic mass is 10.1. The number of Topliss-reactive ketones (excluding diaryl/α,β-unsaturated/α-hetero) is 1. The molecule has 0 bridgehead atoms. The Morgan fingerprint density at radius 3 is 1.52 bits per heavy atom. The molecule has 0 aromatic heterocycles. The summed E-state index contributed by atoms with van der Waals surface area (Å²) in [5.74, 6) is -1.27. The average molecular weight is 557 g/mol. The maximum Gasteiger partial charge on any atom is 0.246 e. The van der Waals surface area contributed by atoms with E-state index in [1.807, 2.05) is 0 Å². The van der Waals surface area contributed by atoms with E-state index in [2.05, 4.69) is 38.2 Å². The van der Waals surface area contributed by atoms with Gasteiger partial charge in [0.1, 0.15) is 5.78 Å². The monoisotopic (exact) mass is 556 g/mol. The van der Waals surface area contributed by atoms with Crippen molar-refractivity contribution < 1.29 is 28.8 Å². The molecule has 0 spiro atoms. The Labute approximate surface area is 238 Å². The van der Waals surface area contributed by atoms with Crippen molar-refractivity contribution in [2.24, 2.45) is 0 Å². The van der Waals surface area contributed by atoms with Gasteiger partial charge in [0.2, 0.25) is 23.6 Å². The number of nitrogens with zero attached hydrogens (tertiary/aromatic N) is 3. The highest BCUT2D eigenvalue weighted by atomic mass is 16.2. The Morgan fingerprint density at radius 1 is 0.500 bits per heavy atom. The van der Waals surface area contributed by atoms with E-state index in [9.17, 15) is 28.8 Å². The molecule has 0 atom stereocenters. The summed E-state index contributed by atoms with van der Waals surface area (Å²) < 4.78 is 0. The summed E-state index contributed by atoms with van der Waals surface area (Å²) in [6.45, 7) is 19.6. The van der Waals surface area contributed by atoms with Crippen LogP contribution in [-0.2, 0) is 28.8 Å². The van der Waals surface area contributed by atoms with Crippen molar-refractivity contribution in [3.63, 3.8) is 0 Å². The van der Waals surface area contributed by atoms with Gasteiger partial charge in [-0.1, -0.05) is 32.9 Å². The molecule has 0 aliphatic carbocycles. The molecule has 0 aliphatic heterocycles. The average Bonchev–Trinajstić information content (AvgIpc) is 2.97. The van der Waals surface area contributed by atoms with Gasteiger partial charge < -0.3 is 20.0 Å². The largest absolute Gasteiger partial charge is 0.353 e. The van der Waals surface area contributed by atoms with E-state index in [4.69, 9.17) is 0 Å². The van der Waals surface area contributed by atoms with Crippen molar-refractivity contribution in [3.8, 4) is 0 Å². The number of hydrogen-bond acceptors (Lipinski definition) is 6. The van der Waals surface area contributed by atoms with Gasteiger partial charge in [0.15, 0.2) is 5.78 Å². The number of hydrogen-bond donors (Lipinski definition) is 1. The number of carbonyl (C=O) groups is 6. The summed E-state index contributed by atoms with van der Waals surface area (Å²) in [5, 5.41) is 2.65. The first-order valence-electron chi connectivity index (χ1n) is 13.4. The number of amides is 4. The third kappa shape index (κ3) is 16.0. The van der Waals surface area contributed by atoms with E-state index >= 15 is 0 Å². The first kappa shape index (κ1) is 35.9. The second-order valence-electron chi connectivity index (χ2n) is 8.96. The second-order valence-corrected chi connectivity index (χ2v) is 8.96. The van der Waals surface area contributed by atoms with Crippen LogP contribution in [0.3, 0.4) is 0 Å². The Balaban J connectivity index is 4.77. The fourth-order valence-corrected chi connectivity index (χ4v) is 3.73. The van der Waals surface area contributed by atoms with E-state index in [0.717, 1.165) is 0 Å². The second kappa shape index (κ2) is 21.8. The zero-order chi connectivity index (χ0) is 30.3. The number of ketones is 2. The summed E-state index contributed by atoms with van der Waals surface area (Å²) in [5.41, 5.74) is 0. The molecule has 1 N–H and O–H groups in total. The van der Waals surface area contributed by atoms with Crippen molar-refractivity contribution in [2.75, 3.05) is 45.8 Å². The number of nitrogens with one attached hydrogen (secondary N) is 1. The van der Waals surface area contributed by atoms with Crippen LogP contribution in [0.15, 0.2) is 63.3 Å². The molecule has 0 aromatic rings. The SMILES string of the molecule is C=CC(=O)CCCCN(CCN(CCC(=O)CCCN(CCCNC(=O)C=C)C(=O)C=C)C(=O)C=C)C(=O)C=C. The van der Waals surface area contributed by atoms with E-state index < -0.39 is 0 Å². The molecule has 0 aromatic carbocycles. The molecule has 0 saturated carbocycles. The van der Waals surface area contributed by atoms with Gasteiger partial charge in [0.05, 0.1) is 0 Å². The molecule has 40 heavy (non-hydrogen) atoms. The molecular formula is C30H44N4O6. The standard InChI is InChI=1S/C30H44N4O6/c1-6-25(35)15-11-12-19-33(29(39)9-4)23-24-34(30(40)10-5)22-17-26(36)16-13-20-32(28(38)8-3)21-14-18-31-27(37)7-2/h6-10H,1-5,11-24H2,(H,31,37). The van der Waals surface area contributed by atoms with Crippen molar-refractivity contribution in [1.29, 1.82) is 0 Å². The summed E-state index contributed by atoms with van der Waals surface area (Å²) in [6.07, 6.45) is 8.97. The summed E-state index contributed by atoms with van der Waals surface area (Å²) in [7, 11) is 0. The predicted molar refractivity (Wildman–Crippen MR) is 156 cm³/mol. The Kier molecular flexibility index (Phi) is 19.6. The minimum atomic E-state index is -0.346. The smallest absolute Gasteiger partial charge is 0.246 e. The molecule has 0 unspecified atom stereocenters. The van der Waals surface area contributed by atoms with Gasteiger partial charge in [-0.25, -0.2) is 0 Å². The minimum absolute atomic E-state index is 0.0525. The number of unbranched alkanes of at least 4 members (excludes halogenated alkanes) is 1. The molecule has 0 aliphatic rings. The lowest BCUT2D eigenvalue weighted by Crippen LogP contribution is -2.41.